The normalized spacial score (nSPS) is 13.4. The molecular formula is C28H33FN4O4S. The fourth-order valence-corrected chi connectivity index (χ4v) is 5.01. The van der Waals surface area contributed by atoms with E-state index in [-0.39, 0.29) is 30.8 Å². The van der Waals surface area contributed by atoms with Crippen LogP contribution < -0.4 is 11.5 Å². The second-order valence-electron chi connectivity index (χ2n) is 9.38. The van der Waals surface area contributed by atoms with Crippen molar-refractivity contribution in [2.45, 2.75) is 44.3 Å². The number of primary amides is 1. The molecule has 0 saturated heterocycles. The first-order valence-corrected chi connectivity index (χ1v) is 13.0. The molecule has 0 aliphatic rings. The molecule has 10 heteroatoms. The number of carbonyl (C=O) groups excluding carboxylic acids is 3. The number of nitrogens with zero attached hydrogens (tertiary/aromatic N) is 2. The van der Waals surface area contributed by atoms with Crippen LogP contribution in [-0.2, 0) is 33.6 Å². The monoisotopic (exact) mass is 540 g/mol. The number of hydrogen-bond acceptors (Lipinski definition) is 6. The van der Waals surface area contributed by atoms with E-state index in [9.17, 15) is 23.9 Å². The molecule has 3 amide bonds. The maximum atomic E-state index is 13.8. The summed E-state index contributed by atoms with van der Waals surface area (Å²) < 4.78 is 13.3. The van der Waals surface area contributed by atoms with Crippen molar-refractivity contribution in [2.75, 3.05) is 14.1 Å². The summed E-state index contributed by atoms with van der Waals surface area (Å²) in [6.07, 6.45) is 0.547. The Hall–Kier alpha value is -3.76. The Labute approximate surface area is 225 Å². The van der Waals surface area contributed by atoms with Crippen molar-refractivity contribution < 1.29 is 23.9 Å². The maximum absolute atomic E-state index is 13.8. The van der Waals surface area contributed by atoms with Gasteiger partial charge in [0.15, 0.2) is 0 Å². The molecule has 0 aliphatic heterocycles. The van der Waals surface area contributed by atoms with E-state index in [0.29, 0.717) is 11.1 Å². The minimum absolute atomic E-state index is 0.127. The van der Waals surface area contributed by atoms with Crippen LogP contribution in [-0.4, -0.2) is 64.8 Å². The van der Waals surface area contributed by atoms with Crippen molar-refractivity contribution in [3.63, 3.8) is 0 Å². The number of aromatic hydroxyl groups is 1. The van der Waals surface area contributed by atoms with Crippen LogP contribution in [0.3, 0.4) is 0 Å². The van der Waals surface area contributed by atoms with Crippen LogP contribution in [0.2, 0.25) is 0 Å². The predicted molar refractivity (Wildman–Crippen MR) is 145 cm³/mol. The largest absolute Gasteiger partial charge is 0.508 e. The molecule has 0 fully saturated rings. The maximum Gasteiger partial charge on any atom is 0.246 e. The predicted octanol–water partition coefficient (Wildman–Crippen LogP) is 2.40. The first kappa shape index (κ1) is 28.8. The van der Waals surface area contributed by atoms with Crippen molar-refractivity contribution in [1.82, 2.24) is 9.80 Å². The van der Waals surface area contributed by atoms with Gasteiger partial charge in [-0.2, -0.15) is 0 Å². The Morgan fingerprint density at radius 3 is 2.13 bits per heavy atom. The highest BCUT2D eigenvalue weighted by Gasteiger charge is 2.36. The molecule has 0 spiro atoms. The quantitative estimate of drug-likeness (QED) is 0.344. The number of benzene rings is 2. The van der Waals surface area contributed by atoms with Crippen LogP contribution in [0.15, 0.2) is 60.0 Å². The van der Waals surface area contributed by atoms with Crippen LogP contribution in [0.25, 0.3) is 0 Å². The number of carbonyl (C=O) groups is 3. The van der Waals surface area contributed by atoms with Gasteiger partial charge >= 0.3 is 0 Å². The van der Waals surface area contributed by atoms with Gasteiger partial charge < -0.3 is 26.4 Å². The molecule has 0 unspecified atom stereocenters. The highest BCUT2D eigenvalue weighted by atomic mass is 32.1. The molecule has 202 valence electrons. The lowest BCUT2D eigenvalue weighted by atomic mass is 10.00. The van der Waals surface area contributed by atoms with Gasteiger partial charge in [-0.15, -0.1) is 11.3 Å². The zero-order chi connectivity index (χ0) is 28.0. The summed E-state index contributed by atoms with van der Waals surface area (Å²) in [5.41, 5.74) is 14.0. The smallest absolute Gasteiger partial charge is 0.246 e. The fraction of sp³-hybridized carbons (Fsp3) is 0.321. The topological polar surface area (TPSA) is 130 Å². The third-order valence-electron chi connectivity index (χ3n) is 6.59. The summed E-state index contributed by atoms with van der Waals surface area (Å²) in [4.78, 5) is 43.0. The Kier molecular flexibility index (Phi) is 9.60. The van der Waals surface area contributed by atoms with Gasteiger partial charge in [0.1, 0.15) is 23.7 Å². The molecule has 1 heterocycles. The summed E-state index contributed by atoms with van der Waals surface area (Å²) in [6, 6.07) is 11.5. The number of aryl methyl sites for hydroxylation is 1. The molecule has 0 bridgehead atoms. The summed E-state index contributed by atoms with van der Waals surface area (Å²) in [7, 11) is 3.00. The van der Waals surface area contributed by atoms with Crippen molar-refractivity contribution >= 4 is 29.1 Å². The average molecular weight is 541 g/mol. The van der Waals surface area contributed by atoms with Crippen molar-refractivity contribution in [3.05, 3.63) is 87.4 Å². The summed E-state index contributed by atoms with van der Waals surface area (Å²) >= 11 is 1.45. The molecule has 8 nitrogen and oxygen atoms in total. The number of halogens is 1. The van der Waals surface area contributed by atoms with E-state index in [1.807, 2.05) is 17.5 Å². The number of hydrogen-bond donors (Lipinski definition) is 3. The SMILES string of the molecule is Cc1cc(C[C@@H](C(N)=O)N(C)C(=O)[C@@H](Cc2cccs2)N(C)C(=O)[C@@H](N)Cc2ccc(F)cc2)ccc1O. The first-order valence-electron chi connectivity index (χ1n) is 12.1. The van der Waals surface area contributed by atoms with Crippen molar-refractivity contribution in [1.29, 1.82) is 0 Å². The molecule has 2 aromatic carbocycles. The lowest BCUT2D eigenvalue weighted by Gasteiger charge is -2.34. The average Bonchev–Trinajstić information content (AvgIpc) is 3.40. The van der Waals surface area contributed by atoms with E-state index in [0.717, 1.165) is 10.4 Å². The van der Waals surface area contributed by atoms with Gasteiger partial charge in [-0.3, -0.25) is 14.4 Å². The number of amides is 3. The van der Waals surface area contributed by atoms with E-state index < -0.39 is 35.8 Å². The molecule has 3 atom stereocenters. The molecule has 3 aromatic rings. The van der Waals surface area contributed by atoms with Crippen LogP contribution in [0.5, 0.6) is 5.75 Å². The molecule has 0 saturated carbocycles. The first-order chi connectivity index (χ1) is 18.0. The standard InChI is InChI=1S/C28H33FN4O4S/c1-17-13-19(8-11-25(17)34)15-23(26(31)35)32(2)28(37)24(16-21-5-4-12-38-21)33(3)27(36)22(30)14-18-6-9-20(29)10-7-18/h4-13,22-24,34H,14-16,30H2,1-3H3,(H2,31,35)/t22-,23-,24+/m0/s1. The molecule has 0 aliphatic carbocycles. The van der Waals surface area contributed by atoms with Crippen LogP contribution >= 0.6 is 11.3 Å². The number of likely N-dealkylation sites (N-methyl/N-ethyl adjacent to an activating group) is 2. The molecule has 38 heavy (non-hydrogen) atoms. The van der Waals surface area contributed by atoms with Gasteiger partial charge in [-0.1, -0.05) is 30.3 Å². The fourth-order valence-electron chi connectivity index (χ4n) is 4.27. The number of rotatable bonds is 11. The Morgan fingerprint density at radius 2 is 1.55 bits per heavy atom. The van der Waals surface area contributed by atoms with Gasteiger partial charge in [-0.05, 0) is 59.7 Å². The zero-order valence-electron chi connectivity index (χ0n) is 21.6. The van der Waals surface area contributed by atoms with Gasteiger partial charge in [0.2, 0.25) is 17.7 Å². The van der Waals surface area contributed by atoms with Crippen LogP contribution in [0.4, 0.5) is 4.39 Å². The van der Waals surface area contributed by atoms with Crippen LogP contribution in [0, 0.1) is 12.7 Å². The number of thiophene rings is 1. The lowest BCUT2D eigenvalue weighted by molar-refractivity contribution is -0.147. The molecule has 1 aromatic heterocycles. The summed E-state index contributed by atoms with van der Waals surface area (Å²) in [6.45, 7) is 1.74. The molecule has 3 rings (SSSR count). The van der Waals surface area contributed by atoms with Gasteiger partial charge in [0, 0.05) is 31.8 Å². The van der Waals surface area contributed by atoms with E-state index in [1.165, 1.54) is 53.4 Å². The zero-order valence-corrected chi connectivity index (χ0v) is 22.5. The van der Waals surface area contributed by atoms with Crippen molar-refractivity contribution in [3.8, 4) is 5.75 Å². The van der Waals surface area contributed by atoms with Crippen molar-refractivity contribution in [2.24, 2.45) is 11.5 Å². The van der Waals surface area contributed by atoms with Crippen LogP contribution in [0.1, 0.15) is 21.6 Å². The van der Waals surface area contributed by atoms with E-state index >= 15 is 0 Å². The van der Waals surface area contributed by atoms with E-state index in [1.54, 1.807) is 31.2 Å². The minimum Gasteiger partial charge on any atom is -0.508 e. The second kappa shape index (κ2) is 12.7. The summed E-state index contributed by atoms with van der Waals surface area (Å²) in [5, 5.41) is 11.7. The third kappa shape index (κ3) is 7.17. The van der Waals surface area contributed by atoms with Gasteiger partial charge in [0.25, 0.3) is 0 Å². The van der Waals surface area contributed by atoms with Gasteiger partial charge in [-0.25, -0.2) is 4.39 Å². The Bertz CT molecular complexity index is 1270. The third-order valence-corrected chi connectivity index (χ3v) is 7.49. The van der Waals surface area contributed by atoms with Gasteiger partial charge in [0.05, 0.1) is 6.04 Å². The molecule has 0 radical (unpaired) electrons. The Morgan fingerprint density at radius 1 is 0.921 bits per heavy atom. The van der Waals surface area contributed by atoms with E-state index in [4.69, 9.17) is 11.5 Å². The number of nitrogens with two attached hydrogens (primary N) is 2. The number of phenolic OH excluding ortho intramolecular Hbond substituents is 1. The minimum atomic E-state index is -0.978. The Balaban J connectivity index is 1.83. The molecular weight excluding hydrogens is 507 g/mol. The lowest BCUT2D eigenvalue weighted by Crippen LogP contribution is -2.57. The number of phenols is 1. The van der Waals surface area contributed by atoms with E-state index in [2.05, 4.69) is 0 Å². The summed E-state index contributed by atoms with van der Waals surface area (Å²) in [5.74, 6) is -1.86. The molecule has 5 N–H and O–H groups in total. The highest BCUT2D eigenvalue weighted by molar-refractivity contribution is 7.09. The second-order valence-corrected chi connectivity index (χ2v) is 10.4. The highest BCUT2D eigenvalue weighted by Crippen LogP contribution is 2.21.